The molecule has 0 radical (unpaired) electrons. The summed E-state index contributed by atoms with van der Waals surface area (Å²) in [6.07, 6.45) is -4.19. The van der Waals surface area contributed by atoms with Crippen LogP contribution < -0.4 is 0 Å². The number of rotatable bonds is 1. The summed E-state index contributed by atoms with van der Waals surface area (Å²) >= 11 is 0. The Morgan fingerprint density at radius 1 is 1.00 bits per heavy atom. The Kier molecular flexibility index (Phi) is 3.38. The normalized spacial score (nSPS) is 23.6. The van der Waals surface area contributed by atoms with Crippen LogP contribution in [0.3, 0.4) is 0 Å². The van der Waals surface area contributed by atoms with Gasteiger partial charge in [-0.1, -0.05) is 19.3 Å². The van der Waals surface area contributed by atoms with Crippen LogP contribution in [0.4, 0.5) is 22.0 Å². The van der Waals surface area contributed by atoms with Crippen molar-refractivity contribution in [3.63, 3.8) is 0 Å². The van der Waals surface area contributed by atoms with Crippen LogP contribution in [0.5, 0.6) is 0 Å². The summed E-state index contributed by atoms with van der Waals surface area (Å²) in [5.74, 6) is -4.89. The Balaban J connectivity index is 2.95. The van der Waals surface area contributed by atoms with Crippen LogP contribution in [0, 0.1) is 0 Å². The number of aliphatic hydroxyl groups is 1. The van der Waals surface area contributed by atoms with E-state index in [2.05, 4.69) is 0 Å². The molecule has 0 atom stereocenters. The summed E-state index contributed by atoms with van der Waals surface area (Å²) in [4.78, 5) is 0. The van der Waals surface area contributed by atoms with Gasteiger partial charge in [0.05, 0.1) is 0 Å². The van der Waals surface area contributed by atoms with Gasteiger partial charge in [0.25, 0.3) is 0 Å². The Morgan fingerprint density at radius 2 is 1.47 bits per heavy atom. The fourth-order valence-corrected chi connectivity index (χ4v) is 1.68. The summed E-state index contributed by atoms with van der Waals surface area (Å²) in [6.45, 7) is 0. The second kappa shape index (κ2) is 4.08. The smallest absolute Gasteiger partial charge is 0.383 e. The van der Waals surface area contributed by atoms with Crippen LogP contribution in [0.2, 0.25) is 0 Å². The molecule has 0 spiro atoms. The van der Waals surface area contributed by atoms with Crippen molar-refractivity contribution in [2.24, 2.45) is 0 Å². The average molecular weight is 230 g/mol. The van der Waals surface area contributed by atoms with Crippen LogP contribution in [0.25, 0.3) is 0 Å². The third-order valence-corrected chi connectivity index (χ3v) is 2.53. The number of halogens is 5. The lowest BCUT2D eigenvalue weighted by molar-refractivity contribution is -0.116. The molecular formula is C9H11F5O. The maximum Gasteiger partial charge on any atom is 0.445 e. The van der Waals surface area contributed by atoms with Crippen molar-refractivity contribution < 1.29 is 27.1 Å². The minimum absolute atomic E-state index is 0.164. The highest BCUT2D eigenvalue weighted by Gasteiger charge is 2.45. The molecular weight excluding hydrogens is 219 g/mol. The summed E-state index contributed by atoms with van der Waals surface area (Å²) in [7, 11) is 0. The summed E-state index contributed by atoms with van der Waals surface area (Å²) in [5.41, 5.74) is -2.27. The lowest BCUT2D eigenvalue weighted by atomic mass is 9.83. The van der Waals surface area contributed by atoms with Crippen molar-refractivity contribution in [3.05, 3.63) is 11.7 Å². The second-order valence-corrected chi connectivity index (χ2v) is 3.72. The number of hydrogen-bond acceptors (Lipinski definition) is 1. The van der Waals surface area contributed by atoms with Gasteiger partial charge >= 0.3 is 6.18 Å². The molecule has 0 aromatic rings. The van der Waals surface area contributed by atoms with Crippen LogP contribution in [0.15, 0.2) is 11.7 Å². The lowest BCUT2D eigenvalue weighted by Gasteiger charge is -2.30. The molecule has 1 aliphatic rings. The van der Waals surface area contributed by atoms with E-state index in [-0.39, 0.29) is 12.8 Å². The van der Waals surface area contributed by atoms with Gasteiger partial charge in [-0.2, -0.15) is 17.6 Å². The highest BCUT2D eigenvalue weighted by atomic mass is 19.4. The van der Waals surface area contributed by atoms with Gasteiger partial charge in [0, 0.05) is 0 Å². The fraction of sp³-hybridized carbons (Fsp3) is 0.778. The molecule has 0 aromatic heterocycles. The molecule has 6 heteroatoms. The molecule has 0 saturated heterocycles. The largest absolute Gasteiger partial charge is 0.445 e. The molecule has 1 saturated carbocycles. The summed E-state index contributed by atoms with van der Waals surface area (Å²) < 4.78 is 61.2. The van der Waals surface area contributed by atoms with Gasteiger partial charge in [-0.25, -0.2) is 4.39 Å². The third kappa shape index (κ3) is 2.68. The van der Waals surface area contributed by atoms with E-state index < -0.39 is 23.4 Å². The molecule has 0 unspecified atom stereocenters. The van der Waals surface area contributed by atoms with E-state index in [0.717, 1.165) is 0 Å². The molecule has 0 aromatic carbocycles. The van der Waals surface area contributed by atoms with Crippen molar-refractivity contribution in [1.29, 1.82) is 0 Å². The van der Waals surface area contributed by atoms with Crippen LogP contribution in [-0.2, 0) is 0 Å². The minimum atomic E-state index is -5.36. The van der Waals surface area contributed by atoms with Crippen molar-refractivity contribution >= 4 is 0 Å². The zero-order valence-corrected chi connectivity index (χ0v) is 7.87. The quantitative estimate of drug-likeness (QED) is 0.684. The van der Waals surface area contributed by atoms with Crippen molar-refractivity contribution in [2.45, 2.75) is 43.9 Å². The predicted molar refractivity (Wildman–Crippen MR) is 43.3 cm³/mol. The summed E-state index contributed by atoms with van der Waals surface area (Å²) in [6, 6.07) is 0. The van der Waals surface area contributed by atoms with E-state index in [0.29, 0.717) is 19.3 Å². The Bertz CT molecular complexity index is 262. The number of alkyl halides is 3. The molecule has 1 N–H and O–H groups in total. The number of allylic oxidation sites excluding steroid dienone is 1. The Hall–Kier alpha value is -0.650. The SMILES string of the molecule is OC1(/C(F)=C(\F)C(F)(F)F)CCCCC1. The highest BCUT2D eigenvalue weighted by molar-refractivity contribution is 5.17. The van der Waals surface area contributed by atoms with E-state index in [4.69, 9.17) is 0 Å². The predicted octanol–water partition coefficient (Wildman–Crippen LogP) is 3.39. The molecule has 15 heavy (non-hydrogen) atoms. The Labute approximate surface area is 83.6 Å². The van der Waals surface area contributed by atoms with Crippen molar-refractivity contribution in [3.8, 4) is 0 Å². The van der Waals surface area contributed by atoms with E-state index >= 15 is 0 Å². The monoisotopic (exact) mass is 230 g/mol. The van der Waals surface area contributed by atoms with Gasteiger partial charge in [0.15, 0.2) is 5.83 Å². The first-order chi connectivity index (χ1) is 6.77. The molecule has 0 heterocycles. The van der Waals surface area contributed by atoms with Gasteiger partial charge < -0.3 is 5.11 Å². The summed E-state index contributed by atoms with van der Waals surface area (Å²) in [5, 5.41) is 9.50. The zero-order valence-electron chi connectivity index (χ0n) is 7.87. The van der Waals surface area contributed by atoms with Crippen molar-refractivity contribution in [1.82, 2.24) is 0 Å². The maximum absolute atomic E-state index is 13.1. The fourth-order valence-electron chi connectivity index (χ4n) is 1.68. The first kappa shape index (κ1) is 12.4. The maximum atomic E-state index is 13.1. The molecule has 1 nitrogen and oxygen atoms in total. The molecule has 1 aliphatic carbocycles. The van der Waals surface area contributed by atoms with E-state index in [9.17, 15) is 27.1 Å². The minimum Gasteiger partial charge on any atom is -0.383 e. The van der Waals surface area contributed by atoms with E-state index in [1.807, 2.05) is 0 Å². The molecule has 0 aliphatic heterocycles. The van der Waals surface area contributed by atoms with Crippen molar-refractivity contribution in [2.75, 3.05) is 0 Å². The van der Waals surface area contributed by atoms with Crippen LogP contribution in [0.1, 0.15) is 32.1 Å². The Morgan fingerprint density at radius 3 is 1.87 bits per heavy atom. The molecule has 1 rings (SSSR count). The molecule has 0 bridgehead atoms. The zero-order chi connectivity index (χ0) is 11.7. The second-order valence-electron chi connectivity index (χ2n) is 3.72. The molecule has 1 fully saturated rings. The van der Waals surface area contributed by atoms with Gasteiger partial charge in [-0.15, -0.1) is 0 Å². The molecule has 88 valence electrons. The van der Waals surface area contributed by atoms with E-state index in [1.54, 1.807) is 0 Å². The molecule has 0 amide bonds. The van der Waals surface area contributed by atoms with Gasteiger partial charge in [0.2, 0.25) is 5.83 Å². The first-order valence-corrected chi connectivity index (χ1v) is 4.63. The topological polar surface area (TPSA) is 20.2 Å². The van der Waals surface area contributed by atoms with E-state index in [1.165, 1.54) is 0 Å². The van der Waals surface area contributed by atoms with Crippen LogP contribution in [-0.4, -0.2) is 16.9 Å². The van der Waals surface area contributed by atoms with Gasteiger partial charge in [0.1, 0.15) is 5.60 Å². The van der Waals surface area contributed by atoms with Crippen LogP contribution >= 0.6 is 0 Å². The first-order valence-electron chi connectivity index (χ1n) is 4.63. The number of hydrogen-bond donors (Lipinski definition) is 1. The van der Waals surface area contributed by atoms with Gasteiger partial charge in [-0.05, 0) is 12.8 Å². The average Bonchev–Trinajstić information content (AvgIpc) is 2.15. The lowest BCUT2D eigenvalue weighted by Crippen LogP contribution is -2.34. The van der Waals surface area contributed by atoms with Gasteiger partial charge in [-0.3, -0.25) is 0 Å². The highest BCUT2D eigenvalue weighted by Crippen LogP contribution is 2.40. The third-order valence-electron chi connectivity index (χ3n) is 2.53. The standard InChI is InChI=1S/C9H11F5O/c10-6(7(11)9(12,13)14)8(15)4-2-1-3-5-8/h15H,1-5H2/b7-6+.